The van der Waals surface area contributed by atoms with E-state index in [-0.39, 0.29) is 18.6 Å². The summed E-state index contributed by atoms with van der Waals surface area (Å²) >= 11 is 5.86. The lowest BCUT2D eigenvalue weighted by Crippen LogP contribution is -2.37. The number of hydrogen-bond acceptors (Lipinski definition) is 3. The Kier molecular flexibility index (Phi) is 7.14. The Hall–Kier alpha value is -1.81. The first-order valence-corrected chi connectivity index (χ1v) is 8.41. The van der Waals surface area contributed by atoms with Gasteiger partial charge in [0.1, 0.15) is 0 Å². The minimum atomic E-state index is -0.541. The van der Waals surface area contributed by atoms with Crippen molar-refractivity contribution in [3.63, 3.8) is 0 Å². The van der Waals surface area contributed by atoms with Crippen LogP contribution in [0.5, 0.6) is 0 Å². The zero-order valence-corrected chi connectivity index (χ0v) is 13.8. The van der Waals surface area contributed by atoms with Crippen LogP contribution in [0.2, 0.25) is 5.02 Å². The zero-order chi connectivity index (χ0) is 16.5. The van der Waals surface area contributed by atoms with Gasteiger partial charge in [-0.2, -0.15) is 0 Å². The van der Waals surface area contributed by atoms with Crippen LogP contribution in [0.25, 0.3) is 6.08 Å². The molecule has 1 saturated carbocycles. The van der Waals surface area contributed by atoms with Crippen LogP contribution in [0.4, 0.5) is 0 Å². The van der Waals surface area contributed by atoms with Gasteiger partial charge < -0.3 is 10.1 Å². The molecule has 0 unspecified atom stereocenters. The molecule has 1 aromatic rings. The Labute approximate surface area is 141 Å². The van der Waals surface area contributed by atoms with Crippen molar-refractivity contribution in [3.8, 4) is 0 Å². The van der Waals surface area contributed by atoms with Gasteiger partial charge in [0, 0.05) is 17.1 Å². The number of carbonyl (C=O) groups is 2. The summed E-state index contributed by atoms with van der Waals surface area (Å²) in [5.74, 6) is -0.776. The van der Waals surface area contributed by atoms with E-state index in [9.17, 15) is 9.59 Å². The van der Waals surface area contributed by atoms with E-state index >= 15 is 0 Å². The van der Waals surface area contributed by atoms with Crippen LogP contribution < -0.4 is 5.32 Å². The number of esters is 1. The first-order chi connectivity index (χ1) is 11.1. The summed E-state index contributed by atoms with van der Waals surface area (Å²) in [5, 5.41) is 3.54. The fraction of sp³-hybridized carbons (Fsp3) is 0.444. The average molecular weight is 336 g/mol. The molecule has 0 heterocycles. The van der Waals surface area contributed by atoms with E-state index in [1.165, 1.54) is 18.9 Å². The molecular weight excluding hydrogens is 314 g/mol. The quantitative estimate of drug-likeness (QED) is 0.506. The monoisotopic (exact) mass is 335 g/mol. The van der Waals surface area contributed by atoms with E-state index < -0.39 is 5.97 Å². The third-order valence-electron chi connectivity index (χ3n) is 3.83. The third-order valence-corrected chi connectivity index (χ3v) is 4.06. The molecule has 0 atom stereocenters. The Bertz CT molecular complexity index is 563. The molecule has 1 fully saturated rings. The van der Waals surface area contributed by atoms with Gasteiger partial charge in [0.2, 0.25) is 0 Å². The van der Waals surface area contributed by atoms with Crippen molar-refractivity contribution in [2.24, 2.45) is 0 Å². The summed E-state index contributed by atoms with van der Waals surface area (Å²) in [6, 6.07) is 7.34. The lowest BCUT2D eigenvalue weighted by atomic mass is 10.1. The highest BCUT2D eigenvalue weighted by atomic mass is 35.5. The van der Waals surface area contributed by atoms with Crippen LogP contribution in [-0.2, 0) is 14.3 Å². The second kappa shape index (κ2) is 9.36. The Morgan fingerprint density at radius 2 is 1.96 bits per heavy atom. The van der Waals surface area contributed by atoms with Gasteiger partial charge in [-0.15, -0.1) is 0 Å². The molecule has 1 N–H and O–H groups in total. The van der Waals surface area contributed by atoms with Gasteiger partial charge in [-0.1, -0.05) is 49.4 Å². The molecule has 124 valence electrons. The van der Waals surface area contributed by atoms with Crippen LogP contribution >= 0.6 is 11.6 Å². The van der Waals surface area contributed by atoms with Crippen LogP contribution in [0, 0.1) is 0 Å². The Balaban J connectivity index is 1.72. The maximum Gasteiger partial charge on any atom is 0.331 e. The van der Waals surface area contributed by atoms with Gasteiger partial charge in [0.15, 0.2) is 6.61 Å². The second-order valence-corrected chi connectivity index (χ2v) is 6.19. The van der Waals surface area contributed by atoms with E-state index in [2.05, 4.69) is 5.32 Å². The summed E-state index contributed by atoms with van der Waals surface area (Å²) in [6.07, 6.45) is 9.68. The van der Waals surface area contributed by atoms with Crippen LogP contribution in [0.15, 0.2) is 30.3 Å². The summed E-state index contributed by atoms with van der Waals surface area (Å²) in [7, 11) is 0. The summed E-state index contributed by atoms with van der Waals surface area (Å²) < 4.78 is 4.96. The van der Waals surface area contributed by atoms with E-state index in [0.717, 1.165) is 31.2 Å². The van der Waals surface area contributed by atoms with E-state index in [0.29, 0.717) is 5.02 Å². The number of halogens is 1. The number of ether oxygens (including phenoxy) is 1. The van der Waals surface area contributed by atoms with Crippen molar-refractivity contribution in [3.05, 3.63) is 40.9 Å². The van der Waals surface area contributed by atoms with E-state index in [1.807, 2.05) is 6.07 Å². The lowest BCUT2D eigenvalue weighted by Gasteiger charge is -2.15. The average Bonchev–Trinajstić information content (AvgIpc) is 2.80. The van der Waals surface area contributed by atoms with Crippen molar-refractivity contribution >= 4 is 29.6 Å². The standard InChI is InChI=1S/C18H22ClNO3/c19-15-7-5-6-14(12-15)10-11-18(22)23-13-17(21)20-16-8-3-1-2-4-9-16/h5-7,10-12,16H,1-4,8-9,13H2,(H,20,21). The molecule has 0 saturated heterocycles. The molecular formula is C18H22ClNO3. The highest BCUT2D eigenvalue weighted by Gasteiger charge is 2.15. The molecule has 0 spiro atoms. The van der Waals surface area contributed by atoms with E-state index in [1.54, 1.807) is 24.3 Å². The first-order valence-electron chi connectivity index (χ1n) is 8.03. The highest BCUT2D eigenvalue weighted by molar-refractivity contribution is 6.30. The van der Waals surface area contributed by atoms with Gasteiger partial charge in [-0.05, 0) is 36.6 Å². The Morgan fingerprint density at radius 3 is 2.65 bits per heavy atom. The largest absolute Gasteiger partial charge is 0.452 e. The molecule has 23 heavy (non-hydrogen) atoms. The van der Waals surface area contributed by atoms with E-state index in [4.69, 9.17) is 16.3 Å². The molecule has 2 rings (SSSR count). The van der Waals surface area contributed by atoms with Gasteiger partial charge in [0.05, 0.1) is 0 Å². The first kappa shape index (κ1) is 17.5. The molecule has 1 aliphatic rings. The van der Waals surface area contributed by atoms with Crippen LogP contribution in [0.3, 0.4) is 0 Å². The fourth-order valence-electron chi connectivity index (χ4n) is 2.65. The number of benzene rings is 1. The maximum absolute atomic E-state index is 11.8. The minimum Gasteiger partial charge on any atom is -0.452 e. The number of rotatable bonds is 5. The molecule has 0 bridgehead atoms. The van der Waals surface area contributed by atoms with Crippen molar-refractivity contribution < 1.29 is 14.3 Å². The molecule has 0 radical (unpaired) electrons. The second-order valence-electron chi connectivity index (χ2n) is 5.75. The maximum atomic E-state index is 11.8. The van der Waals surface area contributed by atoms with Gasteiger partial charge in [0.25, 0.3) is 5.91 Å². The van der Waals surface area contributed by atoms with Crippen LogP contribution in [-0.4, -0.2) is 24.5 Å². The van der Waals surface area contributed by atoms with Crippen molar-refractivity contribution in [1.29, 1.82) is 0 Å². The normalized spacial score (nSPS) is 16.0. The SMILES string of the molecule is O=C(COC(=O)C=Cc1cccc(Cl)c1)NC1CCCCCC1. The van der Waals surface area contributed by atoms with Gasteiger partial charge >= 0.3 is 5.97 Å². The zero-order valence-electron chi connectivity index (χ0n) is 13.1. The smallest absolute Gasteiger partial charge is 0.331 e. The number of hydrogen-bond donors (Lipinski definition) is 1. The summed E-state index contributed by atoms with van der Waals surface area (Å²) in [5.41, 5.74) is 0.803. The topological polar surface area (TPSA) is 55.4 Å². The van der Waals surface area contributed by atoms with Gasteiger partial charge in [-0.25, -0.2) is 4.79 Å². The minimum absolute atomic E-state index is 0.214. The molecule has 5 heteroatoms. The highest BCUT2D eigenvalue weighted by Crippen LogP contribution is 2.17. The predicted octanol–water partition coefficient (Wildman–Crippen LogP) is 3.74. The molecule has 1 aromatic carbocycles. The van der Waals surface area contributed by atoms with Crippen molar-refractivity contribution in [1.82, 2.24) is 5.32 Å². The predicted molar refractivity (Wildman–Crippen MR) is 91.1 cm³/mol. The number of carbonyl (C=O) groups excluding carboxylic acids is 2. The molecule has 0 aliphatic heterocycles. The summed E-state index contributed by atoms with van der Waals surface area (Å²) in [6.45, 7) is -0.241. The van der Waals surface area contributed by atoms with Crippen molar-refractivity contribution in [2.75, 3.05) is 6.61 Å². The Morgan fingerprint density at radius 1 is 1.22 bits per heavy atom. The number of amides is 1. The lowest BCUT2D eigenvalue weighted by molar-refractivity contribution is -0.144. The molecule has 0 aromatic heterocycles. The molecule has 4 nitrogen and oxygen atoms in total. The van der Waals surface area contributed by atoms with Crippen LogP contribution in [0.1, 0.15) is 44.1 Å². The van der Waals surface area contributed by atoms with Gasteiger partial charge in [-0.3, -0.25) is 4.79 Å². The number of nitrogens with one attached hydrogen (secondary N) is 1. The van der Waals surface area contributed by atoms with Crippen molar-refractivity contribution in [2.45, 2.75) is 44.6 Å². The fourth-order valence-corrected chi connectivity index (χ4v) is 2.85. The summed E-state index contributed by atoms with van der Waals surface area (Å²) in [4.78, 5) is 23.4. The molecule has 1 amide bonds. The molecule has 1 aliphatic carbocycles. The third kappa shape index (κ3) is 6.87.